The van der Waals surface area contributed by atoms with E-state index in [1.807, 2.05) is 4.52 Å². The van der Waals surface area contributed by atoms with E-state index in [0.29, 0.717) is 19.0 Å². The Kier molecular flexibility index (Phi) is 6.20. The number of hydrogen-bond acceptors (Lipinski definition) is 6. The van der Waals surface area contributed by atoms with E-state index in [4.69, 9.17) is 10.7 Å². The predicted octanol–water partition coefficient (Wildman–Crippen LogP) is 3.79. The van der Waals surface area contributed by atoms with Gasteiger partial charge in [0, 0.05) is 55.5 Å². The zero-order valence-corrected chi connectivity index (χ0v) is 22.0. The van der Waals surface area contributed by atoms with E-state index in [1.165, 1.54) is 11.1 Å². The van der Waals surface area contributed by atoms with Gasteiger partial charge in [-0.25, -0.2) is 14.5 Å². The summed E-state index contributed by atoms with van der Waals surface area (Å²) in [6.07, 6.45) is 4.06. The van der Waals surface area contributed by atoms with Crippen LogP contribution in [0.5, 0.6) is 0 Å². The van der Waals surface area contributed by atoms with Crippen LogP contribution >= 0.6 is 0 Å². The van der Waals surface area contributed by atoms with Crippen molar-refractivity contribution in [3.8, 4) is 11.3 Å². The Labute approximate surface area is 211 Å². The molecule has 0 unspecified atom stereocenters. The van der Waals surface area contributed by atoms with Crippen molar-refractivity contribution >= 4 is 28.4 Å². The van der Waals surface area contributed by atoms with Gasteiger partial charge in [0.05, 0.1) is 16.7 Å². The number of aromatic amines is 1. The molecule has 1 aliphatic rings. The molecule has 9 nitrogen and oxygen atoms in total. The van der Waals surface area contributed by atoms with Crippen molar-refractivity contribution in [2.45, 2.75) is 66.0 Å². The van der Waals surface area contributed by atoms with Crippen molar-refractivity contribution in [3.63, 3.8) is 0 Å². The van der Waals surface area contributed by atoms with Crippen LogP contribution in [0, 0.1) is 13.8 Å². The molecule has 0 bridgehead atoms. The van der Waals surface area contributed by atoms with E-state index in [1.54, 1.807) is 6.33 Å². The summed E-state index contributed by atoms with van der Waals surface area (Å²) in [5.74, 6) is 1.02. The lowest BCUT2D eigenvalue weighted by Gasteiger charge is -2.44. The molecule has 2 atom stereocenters. The molecular formula is C27H36N8O. The molecule has 5 rings (SSSR count). The first-order valence-corrected chi connectivity index (χ1v) is 12.8. The molecule has 0 radical (unpaired) electrons. The number of aryl methyl sites for hydroxylation is 1. The molecule has 1 saturated heterocycles. The van der Waals surface area contributed by atoms with Gasteiger partial charge >= 0.3 is 0 Å². The number of nitrogens with zero attached hydrogens (tertiary/aromatic N) is 6. The Balaban J connectivity index is 1.54. The molecule has 1 aliphatic heterocycles. The number of rotatable bonds is 6. The molecule has 0 spiro atoms. The first-order valence-electron chi connectivity index (χ1n) is 12.8. The zero-order valence-electron chi connectivity index (χ0n) is 22.0. The first kappa shape index (κ1) is 24.2. The van der Waals surface area contributed by atoms with E-state index < -0.39 is 0 Å². The predicted molar refractivity (Wildman–Crippen MR) is 143 cm³/mol. The van der Waals surface area contributed by atoms with Gasteiger partial charge in [-0.05, 0) is 56.9 Å². The molecular weight excluding hydrogens is 452 g/mol. The number of nitrogens with one attached hydrogen (secondary N) is 1. The van der Waals surface area contributed by atoms with E-state index in [9.17, 15) is 4.79 Å². The Morgan fingerprint density at radius 2 is 1.94 bits per heavy atom. The lowest BCUT2D eigenvalue weighted by molar-refractivity contribution is -0.118. The number of nitrogens with two attached hydrogens (primary N) is 1. The number of aromatic nitrogens is 5. The smallest absolute Gasteiger partial charge is 0.218 e. The second kappa shape index (κ2) is 9.20. The van der Waals surface area contributed by atoms with Crippen LogP contribution in [0.1, 0.15) is 56.7 Å². The number of piperazine rings is 1. The van der Waals surface area contributed by atoms with Crippen LogP contribution in [-0.4, -0.2) is 67.1 Å². The van der Waals surface area contributed by atoms with E-state index in [2.05, 4.69) is 84.7 Å². The molecule has 190 valence electrons. The van der Waals surface area contributed by atoms with Gasteiger partial charge in [0.25, 0.3) is 0 Å². The third-order valence-electron chi connectivity index (χ3n) is 7.69. The second-order valence-corrected chi connectivity index (χ2v) is 10.5. The highest BCUT2D eigenvalue weighted by molar-refractivity contribution is 5.90. The van der Waals surface area contributed by atoms with E-state index in [0.717, 1.165) is 52.4 Å². The largest absolute Gasteiger partial charge is 0.370 e. The van der Waals surface area contributed by atoms with Crippen molar-refractivity contribution in [3.05, 3.63) is 41.3 Å². The van der Waals surface area contributed by atoms with Crippen LogP contribution in [0.25, 0.3) is 27.9 Å². The van der Waals surface area contributed by atoms with Crippen molar-refractivity contribution in [1.29, 1.82) is 0 Å². The summed E-state index contributed by atoms with van der Waals surface area (Å²) >= 11 is 0. The minimum Gasteiger partial charge on any atom is -0.370 e. The summed E-state index contributed by atoms with van der Waals surface area (Å²) in [6, 6.07) is 4.86. The quantitative estimate of drug-likeness (QED) is 0.428. The number of amides is 1. The first-order chi connectivity index (χ1) is 17.2. The molecule has 3 N–H and O–H groups in total. The summed E-state index contributed by atoms with van der Waals surface area (Å²) in [5.41, 5.74) is 14.1. The Morgan fingerprint density at radius 3 is 2.67 bits per heavy atom. The summed E-state index contributed by atoms with van der Waals surface area (Å²) in [4.78, 5) is 29.3. The Morgan fingerprint density at radius 1 is 1.17 bits per heavy atom. The molecule has 0 aliphatic carbocycles. The third-order valence-corrected chi connectivity index (χ3v) is 7.69. The second-order valence-electron chi connectivity index (χ2n) is 10.5. The van der Waals surface area contributed by atoms with Crippen LogP contribution in [0.15, 0.2) is 24.7 Å². The summed E-state index contributed by atoms with van der Waals surface area (Å²) in [7, 11) is 0. The van der Waals surface area contributed by atoms with Gasteiger partial charge < -0.3 is 15.6 Å². The number of pyridine rings is 2. The van der Waals surface area contributed by atoms with Gasteiger partial charge in [-0.2, -0.15) is 5.10 Å². The fourth-order valence-electron chi connectivity index (χ4n) is 5.55. The molecule has 9 heteroatoms. The van der Waals surface area contributed by atoms with Crippen LogP contribution in [-0.2, 0) is 4.79 Å². The molecule has 1 fully saturated rings. The third kappa shape index (κ3) is 4.11. The highest BCUT2D eigenvalue weighted by atomic mass is 16.1. The van der Waals surface area contributed by atoms with Crippen molar-refractivity contribution in [2.75, 3.05) is 24.5 Å². The summed E-state index contributed by atoms with van der Waals surface area (Å²) in [6.45, 7) is 15.6. The number of carbonyl (C=O) groups excluding carboxylic acids is 1. The average Bonchev–Trinajstić information content (AvgIpc) is 3.45. The maximum atomic E-state index is 11.3. The number of anilines is 1. The number of fused-ring (bicyclic) bond motifs is 2. The van der Waals surface area contributed by atoms with Crippen molar-refractivity contribution in [1.82, 2.24) is 29.5 Å². The maximum absolute atomic E-state index is 11.3. The van der Waals surface area contributed by atoms with Gasteiger partial charge in [-0.1, -0.05) is 13.8 Å². The van der Waals surface area contributed by atoms with Gasteiger partial charge in [0.15, 0.2) is 5.65 Å². The molecule has 0 aromatic carbocycles. The lowest BCUT2D eigenvalue weighted by atomic mass is 9.95. The van der Waals surface area contributed by atoms with Crippen LogP contribution in [0.4, 0.5) is 5.82 Å². The van der Waals surface area contributed by atoms with Crippen molar-refractivity contribution < 1.29 is 4.79 Å². The van der Waals surface area contributed by atoms with Crippen LogP contribution in [0.3, 0.4) is 0 Å². The fraction of sp³-hybridized carbons (Fsp3) is 0.481. The van der Waals surface area contributed by atoms with Gasteiger partial charge in [0.1, 0.15) is 12.1 Å². The lowest BCUT2D eigenvalue weighted by Crippen LogP contribution is -2.57. The average molecular weight is 489 g/mol. The molecule has 4 aromatic heterocycles. The molecule has 1 amide bonds. The number of carbonyl (C=O) groups is 1. The minimum atomic E-state index is -0.248. The topological polar surface area (TPSA) is 108 Å². The number of H-pyrrole nitrogens is 1. The molecule has 4 aromatic rings. The van der Waals surface area contributed by atoms with Gasteiger partial charge in [-0.3, -0.25) is 9.69 Å². The van der Waals surface area contributed by atoms with Crippen LogP contribution in [0.2, 0.25) is 0 Å². The normalized spacial score (nSPS) is 19.1. The van der Waals surface area contributed by atoms with E-state index >= 15 is 0 Å². The van der Waals surface area contributed by atoms with Crippen LogP contribution < -0.4 is 10.6 Å². The SMILES string of the molecule is Cc1c(-c2[nH]c3ccc(N4C[C@H](C)N(CCC(N)=O)C[C@@H]4C)nc3c2C(C)C)cn2ncnc2c1C. The molecule has 36 heavy (non-hydrogen) atoms. The fourth-order valence-corrected chi connectivity index (χ4v) is 5.55. The molecule has 5 heterocycles. The number of hydrogen-bond donors (Lipinski definition) is 2. The zero-order chi connectivity index (χ0) is 25.7. The Bertz CT molecular complexity index is 1430. The summed E-state index contributed by atoms with van der Waals surface area (Å²) < 4.78 is 1.85. The highest BCUT2D eigenvalue weighted by Gasteiger charge is 2.30. The maximum Gasteiger partial charge on any atom is 0.218 e. The minimum absolute atomic E-state index is 0.248. The highest BCUT2D eigenvalue weighted by Crippen LogP contribution is 2.38. The Hall–Kier alpha value is -3.46. The molecule has 0 saturated carbocycles. The van der Waals surface area contributed by atoms with E-state index in [-0.39, 0.29) is 17.9 Å². The standard InChI is InChI=1S/C27H36N8O/c1-15(2)24-25(20-13-35-27(29-14-30-35)19(6)18(20)5)31-21-7-8-23(32-26(21)24)34-12-16(3)33(11-17(34)4)10-9-22(28)36/h7-8,13-17,31H,9-12H2,1-6H3,(H2,28,36)/t16-,17-/m0/s1. The monoisotopic (exact) mass is 488 g/mol. The van der Waals surface area contributed by atoms with Gasteiger partial charge in [-0.15, -0.1) is 0 Å². The van der Waals surface area contributed by atoms with Crippen molar-refractivity contribution in [2.24, 2.45) is 5.73 Å². The summed E-state index contributed by atoms with van der Waals surface area (Å²) in [5, 5.41) is 4.39. The number of primary amides is 1. The van der Waals surface area contributed by atoms with Gasteiger partial charge in [0.2, 0.25) is 5.91 Å².